The Morgan fingerprint density at radius 3 is 2.47 bits per heavy atom. The van der Waals surface area contributed by atoms with Crippen molar-refractivity contribution in [3.8, 4) is 5.75 Å². The molecule has 30 heavy (non-hydrogen) atoms. The predicted octanol–water partition coefficient (Wildman–Crippen LogP) is 4.03. The van der Waals surface area contributed by atoms with Gasteiger partial charge in [-0.2, -0.15) is 8.78 Å². The number of ether oxygens (including phenoxy) is 1. The summed E-state index contributed by atoms with van der Waals surface area (Å²) in [6.07, 6.45) is 4.15. The van der Waals surface area contributed by atoms with Crippen molar-refractivity contribution < 1.29 is 23.1 Å². The van der Waals surface area contributed by atoms with Crippen LogP contribution in [0.2, 0.25) is 0 Å². The van der Waals surface area contributed by atoms with Crippen molar-refractivity contribution in [1.82, 2.24) is 10.2 Å². The largest absolute Gasteiger partial charge is 0.434 e. The SMILES string of the molecule is Cc1ccccc1C(=O)NC1CCN(C(=O)/C=C/c2ccccc2OC(F)F)CC1. The molecule has 0 bridgehead atoms. The number of amides is 2. The number of alkyl halides is 2. The number of para-hydroxylation sites is 1. The molecule has 0 unspecified atom stereocenters. The molecule has 0 spiro atoms. The number of rotatable bonds is 6. The van der Waals surface area contributed by atoms with Crippen LogP contribution in [0.3, 0.4) is 0 Å². The molecule has 158 valence electrons. The van der Waals surface area contributed by atoms with Crippen LogP contribution >= 0.6 is 0 Å². The molecule has 1 aliphatic rings. The van der Waals surface area contributed by atoms with Crippen molar-refractivity contribution in [1.29, 1.82) is 0 Å². The lowest BCUT2D eigenvalue weighted by Gasteiger charge is -2.32. The van der Waals surface area contributed by atoms with E-state index in [1.807, 2.05) is 25.1 Å². The summed E-state index contributed by atoms with van der Waals surface area (Å²) in [5, 5.41) is 3.04. The maximum atomic E-state index is 12.5. The number of aryl methyl sites for hydroxylation is 1. The van der Waals surface area contributed by atoms with Crippen LogP contribution < -0.4 is 10.1 Å². The van der Waals surface area contributed by atoms with Crippen molar-refractivity contribution in [2.45, 2.75) is 32.4 Å². The molecule has 7 heteroatoms. The van der Waals surface area contributed by atoms with E-state index in [1.54, 1.807) is 29.2 Å². The Morgan fingerprint density at radius 2 is 1.77 bits per heavy atom. The third-order valence-corrected chi connectivity index (χ3v) is 5.07. The number of piperidine rings is 1. The van der Waals surface area contributed by atoms with Gasteiger partial charge in [0.1, 0.15) is 5.75 Å². The maximum absolute atomic E-state index is 12.5. The van der Waals surface area contributed by atoms with Gasteiger partial charge in [0, 0.05) is 36.3 Å². The number of likely N-dealkylation sites (tertiary alicyclic amines) is 1. The lowest BCUT2D eigenvalue weighted by molar-refractivity contribution is -0.127. The average Bonchev–Trinajstić information content (AvgIpc) is 2.73. The van der Waals surface area contributed by atoms with E-state index in [2.05, 4.69) is 10.1 Å². The monoisotopic (exact) mass is 414 g/mol. The van der Waals surface area contributed by atoms with Gasteiger partial charge < -0.3 is 15.0 Å². The molecule has 1 saturated heterocycles. The summed E-state index contributed by atoms with van der Waals surface area (Å²) in [6.45, 7) is -0.00888. The summed E-state index contributed by atoms with van der Waals surface area (Å²) in [6, 6.07) is 13.7. The molecule has 5 nitrogen and oxygen atoms in total. The van der Waals surface area contributed by atoms with Crippen molar-refractivity contribution in [2.24, 2.45) is 0 Å². The second-order valence-corrected chi connectivity index (χ2v) is 7.14. The van der Waals surface area contributed by atoms with Gasteiger partial charge in [-0.25, -0.2) is 0 Å². The summed E-state index contributed by atoms with van der Waals surface area (Å²) < 4.78 is 29.5. The Morgan fingerprint density at radius 1 is 1.10 bits per heavy atom. The number of nitrogens with one attached hydrogen (secondary N) is 1. The van der Waals surface area contributed by atoms with Crippen LogP contribution in [0.15, 0.2) is 54.6 Å². The molecule has 0 aliphatic carbocycles. The van der Waals surface area contributed by atoms with Crippen molar-refractivity contribution in [3.63, 3.8) is 0 Å². The van der Waals surface area contributed by atoms with Crippen molar-refractivity contribution in [3.05, 3.63) is 71.3 Å². The van der Waals surface area contributed by atoms with E-state index in [1.165, 1.54) is 18.2 Å². The predicted molar refractivity (Wildman–Crippen MR) is 110 cm³/mol. The highest BCUT2D eigenvalue weighted by Crippen LogP contribution is 2.22. The second kappa shape index (κ2) is 10.0. The van der Waals surface area contributed by atoms with Crippen LogP contribution in [-0.2, 0) is 4.79 Å². The van der Waals surface area contributed by atoms with Gasteiger partial charge in [-0.1, -0.05) is 36.4 Å². The number of benzene rings is 2. The normalized spacial score (nSPS) is 14.9. The van der Waals surface area contributed by atoms with Crippen LogP contribution in [0.1, 0.15) is 34.3 Å². The average molecular weight is 414 g/mol. The Labute approximate surface area is 174 Å². The van der Waals surface area contributed by atoms with Gasteiger partial charge in [-0.3, -0.25) is 9.59 Å². The van der Waals surface area contributed by atoms with E-state index in [0.29, 0.717) is 37.1 Å². The molecule has 0 atom stereocenters. The summed E-state index contributed by atoms with van der Waals surface area (Å²) in [5.74, 6) is -0.284. The Hall–Kier alpha value is -3.22. The Bertz CT molecular complexity index is 922. The zero-order chi connectivity index (χ0) is 21.5. The van der Waals surface area contributed by atoms with Crippen LogP contribution in [-0.4, -0.2) is 42.5 Å². The lowest BCUT2D eigenvalue weighted by Crippen LogP contribution is -2.46. The zero-order valence-corrected chi connectivity index (χ0v) is 16.7. The quantitative estimate of drug-likeness (QED) is 0.726. The van der Waals surface area contributed by atoms with Crippen LogP contribution in [0.4, 0.5) is 8.78 Å². The number of carbonyl (C=O) groups is 2. The van der Waals surface area contributed by atoms with Gasteiger partial charge in [0.15, 0.2) is 0 Å². The number of hydrogen-bond donors (Lipinski definition) is 1. The van der Waals surface area contributed by atoms with Gasteiger partial charge in [-0.15, -0.1) is 0 Å². The van der Waals surface area contributed by atoms with E-state index in [4.69, 9.17) is 0 Å². The number of carbonyl (C=O) groups excluding carboxylic acids is 2. The summed E-state index contributed by atoms with van der Waals surface area (Å²) in [5.41, 5.74) is 1.99. The fourth-order valence-electron chi connectivity index (χ4n) is 3.42. The van der Waals surface area contributed by atoms with E-state index in [0.717, 1.165) is 5.56 Å². The Balaban J connectivity index is 1.53. The standard InChI is InChI=1S/C23H24F2N2O3/c1-16-6-2-4-8-19(16)22(29)26-18-12-14-27(15-13-18)21(28)11-10-17-7-3-5-9-20(17)30-23(24)25/h2-11,18,23H,12-15H2,1H3,(H,26,29)/b11-10+. The fourth-order valence-corrected chi connectivity index (χ4v) is 3.42. The van der Waals surface area contributed by atoms with Crippen molar-refractivity contribution in [2.75, 3.05) is 13.1 Å². The molecule has 0 radical (unpaired) electrons. The zero-order valence-electron chi connectivity index (χ0n) is 16.7. The minimum atomic E-state index is -2.93. The highest BCUT2D eigenvalue weighted by atomic mass is 19.3. The van der Waals surface area contributed by atoms with E-state index < -0.39 is 6.61 Å². The van der Waals surface area contributed by atoms with Gasteiger partial charge in [0.25, 0.3) is 5.91 Å². The molecule has 2 amide bonds. The molecule has 2 aromatic rings. The third kappa shape index (κ3) is 5.65. The number of halogens is 2. The minimum absolute atomic E-state index is 0.00491. The molecular weight excluding hydrogens is 390 g/mol. The maximum Gasteiger partial charge on any atom is 0.387 e. The Kier molecular flexibility index (Phi) is 7.17. The summed E-state index contributed by atoms with van der Waals surface area (Å²) in [4.78, 5) is 26.6. The summed E-state index contributed by atoms with van der Waals surface area (Å²) in [7, 11) is 0. The molecule has 0 aromatic heterocycles. The first-order chi connectivity index (χ1) is 14.4. The first kappa shape index (κ1) is 21.5. The third-order valence-electron chi connectivity index (χ3n) is 5.07. The molecule has 0 saturated carbocycles. The number of hydrogen-bond acceptors (Lipinski definition) is 3. The van der Waals surface area contributed by atoms with Gasteiger partial charge in [-0.05, 0) is 43.5 Å². The minimum Gasteiger partial charge on any atom is -0.434 e. The van der Waals surface area contributed by atoms with Crippen LogP contribution in [0.5, 0.6) is 5.75 Å². The van der Waals surface area contributed by atoms with E-state index in [-0.39, 0.29) is 23.6 Å². The molecule has 1 aliphatic heterocycles. The first-order valence-electron chi connectivity index (χ1n) is 9.81. The number of nitrogens with zero attached hydrogens (tertiary/aromatic N) is 1. The first-order valence-corrected chi connectivity index (χ1v) is 9.81. The second-order valence-electron chi connectivity index (χ2n) is 7.14. The molecule has 2 aromatic carbocycles. The van der Waals surface area contributed by atoms with Crippen molar-refractivity contribution >= 4 is 17.9 Å². The topological polar surface area (TPSA) is 58.6 Å². The molecule has 1 N–H and O–H groups in total. The molecule has 3 rings (SSSR count). The summed E-state index contributed by atoms with van der Waals surface area (Å²) >= 11 is 0. The highest BCUT2D eigenvalue weighted by molar-refractivity contribution is 5.96. The smallest absolute Gasteiger partial charge is 0.387 e. The van der Waals surface area contributed by atoms with E-state index in [9.17, 15) is 18.4 Å². The van der Waals surface area contributed by atoms with E-state index >= 15 is 0 Å². The lowest BCUT2D eigenvalue weighted by atomic mass is 10.0. The van der Waals surface area contributed by atoms with Crippen LogP contribution in [0.25, 0.3) is 6.08 Å². The van der Waals surface area contributed by atoms with Crippen LogP contribution in [0, 0.1) is 6.92 Å². The van der Waals surface area contributed by atoms with Gasteiger partial charge in [0.05, 0.1) is 0 Å². The van der Waals surface area contributed by atoms with Gasteiger partial charge >= 0.3 is 6.61 Å². The molecule has 1 fully saturated rings. The highest BCUT2D eigenvalue weighted by Gasteiger charge is 2.23. The van der Waals surface area contributed by atoms with Gasteiger partial charge in [0.2, 0.25) is 5.91 Å². The molecular formula is C23H24F2N2O3. The molecule has 1 heterocycles. The fraction of sp³-hybridized carbons (Fsp3) is 0.304.